The molecule has 2 aromatic rings. The Kier molecular flexibility index (Phi) is 4.65. The normalized spacial score (nSPS) is 17.3. The third kappa shape index (κ3) is 3.39. The summed E-state index contributed by atoms with van der Waals surface area (Å²) in [6.07, 6.45) is 2.55. The standard InChI is InChI=1S/C20H23NO2/c1-15-7-3-4-10-18(15)19-11-6-12-21(19)20(22)14-16-8-5-9-17(13-16)23-2/h3-5,7-10,13,19H,6,11-12,14H2,1-2H3. The van der Waals surface area contributed by atoms with E-state index in [9.17, 15) is 4.79 Å². The van der Waals surface area contributed by atoms with Crippen LogP contribution in [0.2, 0.25) is 0 Å². The first-order valence-corrected chi connectivity index (χ1v) is 8.17. The van der Waals surface area contributed by atoms with Crippen molar-refractivity contribution in [3.05, 3.63) is 65.2 Å². The van der Waals surface area contributed by atoms with Crippen molar-refractivity contribution in [2.75, 3.05) is 13.7 Å². The monoisotopic (exact) mass is 309 g/mol. The van der Waals surface area contributed by atoms with Gasteiger partial charge in [-0.05, 0) is 48.6 Å². The number of benzene rings is 2. The lowest BCUT2D eigenvalue weighted by atomic mass is 9.99. The van der Waals surface area contributed by atoms with Gasteiger partial charge in [-0.3, -0.25) is 4.79 Å². The molecule has 1 heterocycles. The number of methoxy groups -OCH3 is 1. The molecule has 3 heteroatoms. The predicted molar refractivity (Wildman–Crippen MR) is 91.6 cm³/mol. The molecule has 1 atom stereocenters. The fourth-order valence-electron chi connectivity index (χ4n) is 3.41. The van der Waals surface area contributed by atoms with Crippen molar-refractivity contribution in [2.24, 2.45) is 0 Å². The van der Waals surface area contributed by atoms with E-state index in [-0.39, 0.29) is 11.9 Å². The second kappa shape index (κ2) is 6.86. The van der Waals surface area contributed by atoms with E-state index in [1.54, 1.807) is 7.11 Å². The van der Waals surface area contributed by atoms with E-state index >= 15 is 0 Å². The van der Waals surface area contributed by atoms with Crippen molar-refractivity contribution in [1.29, 1.82) is 0 Å². The van der Waals surface area contributed by atoms with Crippen LogP contribution in [0, 0.1) is 6.92 Å². The molecular formula is C20H23NO2. The van der Waals surface area contributed by atoms with Crippen molar-refractivity contribution in [3.8, 4) is 5.75 Å². The highest BCUT2D eigenvalue weighted by Crippen LogP contribution is 2.34. The van der Waals surface area contributed by atoms with Crippen molar-refractivity contribution >= 4 is 5.91 Å². The summed E-state index contributed by atoms with van der Waals surface area (Å²) in [7, 11) is 1.65. The fourth-order valence-corrected chi connectivity index (χ4v) is 3.41. The van der Waals surface area contributed by atoms with Crippen molar-refractivity contribution in [3.63, 3.8) is 0 Å². The average molecular weight is 309 g/mol. The van der Waals surface area contributed by atoms with Gasteiger partial charge in [-0.1, -0.05) is 36.4 Å². The maximum atomic E-state index is 12.8. The molecule has 3 nitrogen and oxygen atoms in total. The zero-order valence-electron chi connectivity index (χ0n) is 13.8. The Labute approximate surface area is 137 Å². The van der Waals surface area contributed by atoms with Gasteiger partial charge < -0.3 is 9.64 Å². The summed E-state index contributed by atoms with van der Waals surface area (Å²) in [6.45, 7) is 2.97. The maximum absolute atomic E-state index is 12.8. The van der Waals surface area contributed by atoms with E-state index in [1.165, 1.54) is 11.1 Å². The van der Waals surface area contributed by atoms with Gasteiger partial charge in [0.05, 0.1) is 19.6 Å². The minimum atomic E-state index is 0.198. The Morgan fingerprint density at radius 1 is 1.22 bits per heavy atom. The molecule has 1 saturated heterocycles. The number of nitrogens with zero attached hydrogens (tertiary/aromatic N) is 1. The Bertz CT molecular complexity index is 696. The van der Waals surface area contributed by atoms with Gasteiger partial charge >= 0.3 is 0 Å². The number of likely N-dealkylation sites (tertiary alicyclic amines) is 1. The van der Waals surface area contributed by atoms with Crippen LogP contribution < -0.4 is 4.74 Å². The van der Waals surface area contributed by atoms with E-state index in [4.69, 9.17) is 4.74 Å². The van der Waals surface area contributed by atoms with Crippen LogP contribution in [0.5, 0.6) is 5.75 Å². The summed E-state index contributed by atoms with van der Waals surface area (Å²) in [5.74, 6) is 0.996. The molecule has 0 spiro atoms. The van der Waals surface area contributed by atoms with Gasteiger partial charge in [0.15, 0.2) is 0 Å². The molecule has 1 unspecified atom stereocenters. The lowest BCUT2D eigenvalue weighted by Gasteiger charge is -2.26. The third-order valence-corrected chi connectivity index (χ3v) is 4.61. The first-order chi connectivity index (χ1) is 11.2. The largest absolute Gasteiger partial charge is 0.497 e. The molecule has 23 heavy (non-hydrogen) atoms. The average Bonchev–Trinajstić information content (AvgIpc) is 3.05. The smallest absolute Gasteiger partial charge is 0.227 e. The van der Waals surface area contributed by atoms with Crippen LogP contribution in [0.25, 0.3) is 0 Å². The lowest BCUT2D eigenvalue weighted by molar-refractivity contribution is -0.131. The number of hydrogen-bond donors (Lipinski definition) is 0. The van der Waals surface area contributed by atoms with Crippen molar-refractivity contribution < 1.29 is 9.53 Å². The van der Waals surface area contributed by atoms with Gasteiger partial charge in [0, 0.05) is 6.54 Å². The number of ether oxygens (including phenoxy) is 1. The Balaban J connectivity index is 1.77. The molecule has 1 aliphatic rings. The summed E-state index contributed by atoms with van der Waals surface area (Å²) in [5.41, 5.74) is 3.55. The second-order valence-electron chi connectivity index (χ2n) is 6.13. The first kappa shape index (κ1) is 15.6. The first-order valence-electron chi connectivity index (χ1n) is 8.17. The molecular weight excluding hydrogens is 286 g/mol. The molecule has 1 fully saturated rings. The van der Waals surface area contributed by atoms with Crippen LogP contribution in [-0.2, 0) is 11.2 Å². The second-order valence-corrected chi connectivity index (χ2v) is 6.13. The molecule has 1 amide bonds. The summed E-state index contributed by atoms with van der Waals surface area (Å²) < 4.78 is 5.24. The number of amides is 1. The SMILES string of the molecule is COc1cccc(CC(=O)N2CCCC2c2ccccc2C)c1. The molecule has 1 aliphatic heterocycles. The van der Waals surface area contributed by atoms with Gasteiger partial charge in [-0.2, -0.15) is 0 Å². The van der Waals surface area contributed by atoms with Crippen LogP contribution in [-0.4, -0.2) is 24.5 Å². The molecule has 120 valence electrons. The van der Waals surface area contributed by atoms with E-state index in [1.807, 2.05) is 29.2 Å². The Morgan fingerprint density at radius 3 is 2.83 bits per heavy atom. The van der Waals surface area contributed by atoms with E-state index in [0.717, 1.165) is 30.7 Å². The predicted octanol–water partition coefficient (Wildman–Crippen LogP) is 3.91. The van der Waals surface area contributed by atoms with Crippen molar-refractivity contribution in [2.45, 2.75) is 32.2 Å². The van der Waals surface area contributed by atoms with E-state index in [2.05, 4.69) is 31.2 Å². The molecule has 0 aliphatic carbocycles. The number of carbonyl (C=O) groups excluding carboxylic acids is 1. The van der Waals surface area contributed by atoms with Gasteiger partial charge in [0.1, 0.15) is 5.75 Å². The molecule has 0 saturated carbocycles. The number of aryl methyl sites for hydroxylation is 1. The van der Waals surface area contributed by atoms with E-state index in [0.29, 0.717) is 6.42 Å². The number of hydrogen-bond acceptors (Lipinski definition) is 2. The van der Waals surface area contributed by atoms with Crippen LogP contribution in [0.3, 0.4) is 0 Å². The quantitative estimate of drug-likeness (QED) is 0.857. The Hall–Kier alpha value is -2.29. The van der Waals surface area contributed by atoms with Crippen LogP contribution >= 0.6 is 0 Å². The summed E-state index contributed by atoms with van der Waals surface area (Å²) in [4.78, 5) is 14.8. The van der Waals surface area contributed by atoms with Gasteiger partial charge in [-0.15, -0.1) is 0 Å². The highest BCUT2D eigenvalue weighted by molar-refractivity contribution is 5.79. The molecule has 2 aromatic carbocycles. The summed E-state index contributed by atoms with van der Waals surface area (Å²) >= 11 is 0. The van der Waals surface area contributed by atoms with Crippen molar-refractivity contribution in [1.82, 2.24) is 4.90 Å². The number of carbonyl (C=O) groups is 1. The zero-order valence-corrected chi connectivity index (χ0v) is 13.8. The molecule has 0 bridgehead atoms. The number of rotatable bonds is 4. The molecule has 3 rings (SSSR count). The fraction of sp³-hybridized carbons (Fsp3) is 0.350. The minimum absolute atomic E-state index is 0.198. The van der Waals surface area contributed by atoms with Crippen LogP contribution in [0.1, 0.15) is 35.6 Å². The van der Waals surface area contributed by atoms with Gasteiger partial charge in [0.2, 0.25) is 5.91 Å². The minimum Gasteiger partial charge on any atom is -0.497 e. The zero-order chi connectivity index (χ0) is 16.2. The van der Waals surface area contributed by atoms with Gasteiger partial charge in [-0.25, -0.2) is 0 Å². The summed E-state index contributed by atoms with van der Waals surface area (Å²) in [6, 6.07) is 16.4. The highest BCUT2D eigenvalue weighted by atomic mass is 16.5. The topological polar surface area (TPSA) is 29.5 Å². The van der Waals surface area contributed by atoms with E-state index < -0.39 is 0 Å². The van der Waals surface area contributed by atoms with Crippen LogP contribution in [0.4, 0.5) is 0 Å². The Morgan fingerprint density at radius 2 is 2.04 bits per heavy atom. The lowest BCUT2D eigenvalue weighted by Crippen LogP contribution is -2.32. The summed E-state index contributed by atoms with van der Waals surface area (Å²) in [5, 5.41) is 0. The highest BCUT2D eigenvalue weighted by Gasteiger charge is 2.30. The maximum Gasteiger partial charge on any atom is 0.227 e. The van der Waals surface area contributed by atoms with Gasteiger partial charge in [0.25, 0.3) is 0 Å². The molecule has 0 aromatic heterocycles. The molecule has 0 radical (unpaired) electrons. The third-order valence-electron chi connectivity index (χ3n) is 4.61. The van der Waals surface area contributed by atoms with Crippen LogP contribution in [0.15, 0.2) is 48.5 Å². The molecule has 0 N–H and O–H groups in total.